The smallest absolute Gasteiger partial charge is 0.356 e. The molecule has 0 spiro atoms. The molecule has 1 heterocycles. The highest BCUT2D eigenvalue weighted by Crippen LogP contribution is 1.86. The molecule has 4 N–H and O–H groups in total. The lowest BCUT2D eigenvalue weighted by Crippen LogP contribution is -1.99. The van der Waals surface area contributed by atoms with Gasteiger partial charge in [0.2, 0.25) is 0 Å². The van der Waals surface area contributed by atoms with E-state index in [1.165, 1.54) is 18.6 Å². The average Bonchev–Trinajstić information content (AvgIpc) is 2.10. The molecule has 0 aliphatic carbocycles. The molecular weight excluding hydrogens is 150 g/mol. The number of nitrogens with two attached hydrogens (primary N) is 1. The molecule has 0 saturated heterocycles. The predicted molar refractivity (Wildman–Crippen MR) is 35.0 cm³/mol. The molecule has 0 amide bonds. The van der Waals surface area contributed by atoms with Crippen molar-refractivity contribution in [3.63, 3.8) is 0 Å². The summed E-state index contributed by atoms with van der Waals surface area (Å²) in [7, 11) is 0. The number of hydrogen-bond acceptors (Lipinski definition) is 5. The zero-order valence-electron chi connectivity index (χ0n) is 5.51. The number of hydrogen-bond donors (Lipinski definition) is 3. The molecule has 11 heavy (non-hydrogen) atoms. The van der Waals surface area contributed by atoms with Crippen LogP contribution in [0.25, 0.3) is 0 Å². The van der Waals surface area contributed by atoms with Crippen LogP contribution in [-0.2, 0) is 0 Å². The van der Waals surface area contributed by atoms with Gasteiger partial charge < -0.3 is 10.3 Å². The number of rotatable bonds is 1. The second kappa shape index (κ2) is 5.27. The second-order valence-electron chi connectivity index (χ2n) is 1.40. The van der Waals surface area contributed by atoms with E-state index in [1.807, 2.05) is 0 Å². The molecule has 0 aromatic carbocycles. The highest BCUT2D eigenvalue weighted by atomic mass is 16.4. The first kappa shape index (κ1) is 9.47. The third kappa shape index (κ3) is 3.23. The molecule has 60 valence electrons. The highest BCUT2D eigenvalue weighted by molar-refractivity contribution is 5.84. The molecule has 0 unspecified atom stereocenters. The van der Waals surface area contributed by atoms with E-state index in [4.69, 9.17) is 10.3 Å². The third-order valence-corrected chi connectivity index (χ3v) is 0.782. The van der Waals surface area contributed by atoms with Gasteiger partial charge in [-0.25, -0.2) is 15.7 Å². The SMILES string of the molecule is NO.O=C(O)c1cnccn1. The molecule has 6 heteroatoms. The van der Waals surface area contributed by atoms with Gasteiger partial charge in [0.15, 0.2) is 5.69 Å². The Hall–Kier alpha value is -1.53. The summed E-state index contributed by atoms with van der Waals surface area (Å²) in [5, 5.41) is 14.8. The highest BCUT2D eigenvalue weighted by Gasteiger charge is 2.00. The first-order valence-electron chi connectivity index (χ1n) is 2.56. The van der Waals surface area contributed by atoms with Gasteiger partial charge in [-0.2, -0.15) is 0 Å². The van der Waals surface area contributed by atoms with Crippen LogP contribution >= 0.6 is 0 Å². The summed E-state index contributed by atoms with van der Waals surface area (Å²) >= 11 is 0. The predicted octanol–water partition coefficient (Wildman–Crippen LogP) is -0.491. The van der Waals surface area contributed by atoms with Crippen LogP contribution < -0.4 is 5.90 Å². The largest absolute Gasteiger partial charge is 0.476 e. The number of aromatic nitrogens is 2. The van der Waals surface area contributed by atoms with Gasteiger partial charge in [0, 0.05) is 12.4 Å². The van der Waals surface area contributed by atoms with Crippen molar-refractivity contribution < 1.29 is 15.1 Å². The van der Waals surface area contributed by atoms with Crippen LogP contribution in [0.1, 0.15) is 10.5 Å². The van der Waals surface area contributed by atoms with Gasteiger partial charge in [-0.3, -0.25) is 4.98 Å². The molecule has 0 bridgehead atoms. The van der Waals surface area contributed by atoms with Gasteiger partial charge in [-0.1, -0.05) is 0 Å². The third-order valence-electron chi connectivity index (χ3n) is 0.782. The first-order chi connectivity index (χ1) is 5.30. The molecule has 0 aliphatic heterocycles. The Labute approximate surface area is 62.3 Å². The average molecular weight is 157 g/mol. The lowest BCUT2D eigenvalue weighted by Gasteiger charge is -1.86. The number of nitrogens with zero attached hydrogens (tertiary/aromatic N) is 2. The van der Waals surface area contributed by atoms with Crippen LogP contribution in [0.5, 0.6) is 0 Å². The molecule has 6 nitrogen and oxygen atoms in total. The Morgan fingerprint density at radius 3 is 2.36 bits per heavy atom. The van der Waals surface area contributed by atoms with Crippen molar-refractivity contribution in [3.05, 3.63) is 24.3 Å². The van der Waals surface area contributed by atoms with Crippen LogP contribution in [0.15, 0.2) is 18.6 Å². The fourth-order valence-corrected chi connectivity index (χ4v) is 0.410. The number of carboxylic acid groups (broad SMARTS) is 1. The molecule has 1 rings (SSSR count). The second-order valence-corrected chi connectivity index (χ2v) is 1.40. The summed E-state index contributed by atoms with van der Waals surface area (Å²) < 4.78 is 0. The fraction of sp³-hybridized carbons (Fsp3) is 0. The van der Waals surface area contributed by atoms with Gasteiger partial charge in [0.05, 0.1) is 6.20 Å². The Morgan fingerprint density at radius 1 is 1.45 bits per heavy atom. The maximum Gasteiger partial charge on any atom is 0.356 e. The van der Waals surface area contributed by atoms with E-state index in [0.717, 1.165) is 0 Å². The Bertz CT molecular complexity index is 213. The van der Waals surface area contributed by atoms with Gasteiger partial charge in [-0.05, 0) is 0 Å². The standard InChI is InChI=1S/C5H4N2O2.H3NO/c8-5(9)4-3-6-1-2-7-4;1-2/h1-3H,(H,8,9);2H,1H2. The lowest BCUT2D eigenvalue weighted by molar-refractivity contribution is 0.0690. The minimum atomic E-state index is -1.05. The minimum Gasteiger partial charge on any atom is -0.476 e. The van der Waals surface area contributed by atoms with Crippen molar-refractivity contribution >= 4 is 5.97 Å². The summed E-state index contributed by atoms with van der Waals surface area (Å²) in [6.07, 6.45) is 3.96. The van der Waals surface area contributed by atoms with Gasteiger partial charge in [-0.15, -0.1) is 0 Å². The maximum atomic E-state index is 10.1. The summed E-state index contributed by atoms with van der Waals surface area (Å²) in [4.78, 5) is 17.2. The summed E-state index contributed by atoms with van der Waals surface area (Å²) in [5.41, 5.74) is -0.0301. The van der Waals surface area contributed by atoms with Gasteiger partial charge in [0.1, 0.15) is 0 Å². The van der Waals surface area contributed by atoms with Crippen molar-refractivity contribution in [2.24, 2.45) is 5.90 Å². The topological polar surface area (TPSA) is 109 Å². The van der Waals surface area contributed by atoms with Gasteiger partial charge in [0.25, 0.3) is 0 Å². The molecule has 0 atom stereocenters. The monoisotopic (exact) mass is 157 g/mol. The van der Waals surface area contributed by atoms with E-state index in [0.29, 0.717) is 0 Å². The zero-order chi connectivity index (χ0) is 8.69. The van der Waals surface area contributed by atoms with Crippen LogP contribution in [0, 0.1) is 0 Å². The molecular formula is C5H7N3O3. The number of carbonyl (C=O) groups is 1. The Balaban J connectivity index is 0.000000461. The van der Waals surface area contributed by atoms with E-state index >= 15 is 0 Å². The normalized spacial score (nSPS) is 7.82. The van der Waals surface area contributed by atoms with E-state index < -0.39 is 5.97 Å². The minimum absolute atomic E-state index is 0.0301. The summed E-state index contributed by atoms with van der Waals surface area (Å²) in [6, 6.07) is 0. The fourth-order valence-electron chi connectivity index (χ4n) is 0.410. The maximum absolute atomic E-state index is 10.1. The van der Waals surface area contributed by atoms with E-state index in [-0.39, 0.29) is 5.69 Å². The molecule has 1 aromatic heterocycles. The quantitative estimate of drug-likeness (QED) is 0.474. The van der Waals surface area contributed by atoms with Crippen molar-refractivity contribution in [3.8, 4) is 0 Å². The zero-order valence-corrected chi connectivity index (χ0v) is 5.51. The number of carboxylic acids is 1. The van der Waals surface area contributed by atoms with Crippen molar-refractivity contribution in [1.29, 1.82) is 0 Å². The van der Waals surface area contributed by atoms with E-state index in [2.05, 4.69) is 15.9 Å². The molecule has 1 aromatic rings. The van der Waals surface area contributed by atoms with Crippen LogP contribution in [0.3, 0.4) is 0 Å². The lowest BCUT2D eigenvalue weighted by atomic mass is 10.5. The summed E-state index contributed by atoms with van der Waals surface area (Å²) in [5.74, 6) is 2.45. The Morgan fingerprint density at radius 2 is 2.09 bits per heavy atom. The Kier molecular flexibility index (Phi) is 4.54. The first-order valence-corrected chi connectivity index (χ1v) is 2.56. The van der Waals surface area contributed by atoms with Crippen molar-refractivity contribution in [1.82, 2.24) is 9.97 Å². The van der Waals surface area contributed by atoms with E-state index in [9.17, 15) is 4.79 Å². The van der Waals surface area contributed by atoms with Crippen LogP contribution in [0.4, 0.5) is 0 Å². The van der Waals surface area contributed by atoms with Crippen molar-refractivity contribution in [2.75, 3.05) is 0 Å². The van der Waals surface area contributed by atoms with Crippen molar-refractivity contribution in [2.45, 2.75) is 0 Å². The van der Waals surface area contributed by atoms with Crippen LogP contribution in [0.2, 0.25) is 0 Å². The van der Waals surface area contributed by atoms with Gasteiger partial charge >= 0.3 is 5.97 Å². The number of aromatic carboxylic acids is 1. The van der Waals surface area contributed by atoms with E-state index in [1.54, 1.807) is 0 Å². The molecule has 0 saturated carbocycles. The molecule has 0 radical (unpaired) electrons. The van der Waals surface area contributed by atoms with Crippen LogP contribution in [-0.4, -0.2) is 26.3 Å². The molecule has 0 fully saturated rings. The molecule has 0 aliphatic rings. The summed E-state index contributed by atoms with van der Waals surface area (Å²) in [6.45, 7) is 0.